The predicted molar refractivity (Wildman–Crippen MR) is 99.8 cm³/mol. The smallest absolute Gasteiger partial charge is 0.335 e. The first-order chi connectivity index (χ1) is 12.8. The van der Waals surface area contributed by atoms with E-state index in [1.165, 1.54) is 37.5 Å². The minimum atomic E-state index is -0.856. The van der Waals surface area contributed by atoms with Crippen LogP contribution in [-0.2, 0) is 9.59 Å². The first-order valence-corrected chi connectivity index (χ1v) is 8.24. The van der Waals surface area contributed by atoms with Crippen LogP contribution in [0, 0.1) is 6.92 Å². The Morgan fingerprint density at radius 3 is 2.56 bits per heavy atom. The molecule has 3 rings (SSSR count). The van der Waals surface area contributed by atoms with Crippen LogP contribution in [0.5, 0.6) is 11.5 Å². The van der Waals surface area contributed by atoms with Crippen molar-refractivity contribution in [3.05, 3.63) is 58.1 Å². The molecule has 0 spiro atoms. The van der Waals surface area contributed by atoms with Gasteiger partial charge in [-0.15, -0.1) is 0 Å². The Morgan fingerprint density at radius 1 is 1.15 bits per heavy atom. The maximum atomic E-state index is 12.8. The first kappa shape index (κ1) is 18.5. The summed E-state index contributed by atoms with van der Waals surface area (Å²) in [5.74, 6) is -1.49. The highest BCUT2D eigenvalue weighted by Gasteiger charge is 2.37. The fourth-order valence-corrected chi connectivity index (χ4v) is 2.74. The second-order valence-corrected chi connectivity index (χ2v) is 6.23. The molecule has 0 saturated carbocycles. The van der Waals surface area contributed by atoms with Gasteiger partial charge in [0.05, 0.1) is 12.8 Å². The summed E-state index contributed by atoms with van der Waals surface area (Å²) in [5.41, 5.74) is 1.24. The van der Waals surface area contributed by atoms with E-state index in [2.05, 4.69) is 5.32 Å². The zero-order valence-electron chi connectivity index (χ0n) is 14.4. The number of rotatable bonds is 3. The van der Waals surface area contributed by atoms with Crippen LogP contribution in [0.15, 0.2) is 42.0 Å². The van der Waals surface area contributed by atoms with Crippen LogP contribution in [0.3, 0.4) is 0 Å². The molecule has 1 heterocycles. The standard InChI is InChI=1S/C19H15ClN2O5/c1-10-3-5-12(9-14(10)20)22-18(25)13(17(24)21-19(22)26)7-11-4-6-15(23)16(8-11)27-2/h3-9,23H,1-2H3,(H,21,24,26). The summed E-state index contributed by atoms with van der Waals surface area (Å²) >= 11 is 6.08. The largest absolute Gasteiger partial charge is 0.504 e. The number of nitrogens with one attached hydrogen (secondary N) is 1. The number of urea groups is 1. The number of imide groups is 2. The third-order valence-corrected chi connectivity index (χ3v) is 4.44. The van der Waals surface area contributed by atoms with Crippen LogP contribution < -0.4 is 15.0 Å². The van der Waals surface area contributed by atoms with E-state index >= 15 is 0 Å². The van der Waals surface area contributed by atoms with Crippen molar-refractivity contribution in [2.24, 2.45) is 0 Å². The van der Waals surface area contributed by atoms with Gasteiger partial charge < -0.3 is 9.84 Å². The number of hydrogen-bond donors (Lipinski definition) is 2. The summed E-state index contributed by atoms with van der Waals surface area (Å²) in [6, 6.07) is 8.20. The number of amides is 4. The molecule has 7 nitrogen and oxygen atoms in total. The first-order valence-electron chi connectivity index (χ1n) is 7.86. The van der Waals surface area contributed by atoms with Gasteiger partial charge >= 0.3 is 6.03 Å². The van der Waals surface area contributed by atoms with E-state index in [0.717, 1.165) is 10.5 Å². The summed E-state index contributed by atoms with van der Waals surface area (Å²) in [5, 5.41) is 12.2. The van der Waals surface area contributed by atoms with Crippen molar-refractivity contribution in [1.29, 1.82) is 0 Å². The Bertz CT molecular complexity index is 1000. The second kappa shape index (κ2) is 7.13. The molecule has 0 atom stereocenters. The summed E-state index contributed by atoms with van der Waals surface area (Å²) < 4.78 is 5.02. The highest BCUT2D eigenvalue weighted by molar-refractivity contribution is 6.39. The fraction of sp³-hybridized carbons (Fsp3) is 0.105. The van der Waals surface area contributed by atoms with Gasteiger partial charge in [0, 0.05) is 5.02 Å². The third kappa shape index (κ3) is 3.50. The molecule has 0 aromatic heterocycles. The van der Waals surface area contributed by atoms with Crippen LogP contribution >= 0.6 is 11.6 Å². The molecule has 2 N–H and O–H groups in total. The number of carbonyl (C=O) groups excluding carboxylic acids is 3. The number of methoxy groups -OCH3 is 1. The molecule has 27 heavy (non-hydrogen) atoms. The molecular weight excluding hydrogens is 372 g/mol. The molecule has 2 aromatic rings. The van der Waals surface area contributed by atoms with Gasteiger partial charge in [0.2, 0.25) is 0 Å². The molecule has 2 aromatic carbocycles. The number of phenolic OH excluding ortho intramolecular Hbond substituents is 1. The van der Waals surface area contributed by atoms with E-state index in [1.807, 2.05) is 0 Å². The molecule has 1 aliphatic rings. The number of barbiturate groups is 1. The lowest BCUT2D eigenvalue weighted by Gasteiger charge is -2.26. The number of carbonyl (C=O) groups is 3. The number of hydrogen-bond acceptors (Lipinski definition) is 5. The molecule has 138 valence electrons. The van der Waals surface area contributed by atoms with Crippen molar-refractivity contribution in [3.63, 3.8) is 0 Å². The maximum Gasteiger partial charge on any atom is 0.335 e. The summed E-state index contributed by atoms with van der Waals surface area (Å²) in [6.07, 6.45) is 1.31. The van der Waals surface area contributed by atoms with Gasteiger partial charge in [0.25, 0.3) is 11.8 Å². The average molecular weight is 387 g/mol. The number of aryl methyl sites for hydroxylation is 1. The van der Waals surface area contributed by atoms with Gasteiger partial charge in [0.15, 0.2) is 11.5 Å². The Morgan fingerprint density at radius 2 is 1.89 bits per heavy atom. The maximum absolute atomic E-state index is 12.8. The number of anilines is 1. The molecule has 1 fully saturated rings. The van der Waals surface area contributed by atoms with E-state index in [1.54, 1.807) is 19.1 Å². The normalized spacial score (nSPS) is 15.9. The molecule has 0 radical (unpaired) electrons. The number of ether oxygens (including phenoxy) is 1. The number of benzene rings is 2. The van der Waals surface area contributed by atoms with E-state index in [0.29, 0.717) is 10.6 Å². The summed E-state index contributed by atoms with van der Waals surface area (Å²) in [4.78, 5) is 38.1. The van der Waals surface area contributed by atoms with Gasteiger partial charge in [-0.1, -0.05) is 23.7 Å². The van der Waals surface area contributed by atoms with E-state index in [9.17, 15) is 19.5 Å². The molecule has 4 amide bonds. The Balaban J connectivity index is 2.03. The highest BCUT2D eigenvalue weighted by Crippen LogP contribution is 2.29. The van der Waals surface area contributed by atoms with E-state index in [4.69, 9.17) is 16.3 Å². The van der Waals surface area contributed by atoms with Gasteiger partial charge in [-0.3, -0.25) is 14.9 Å². The lowest BCUT2D eigenvalue weighted by molar-refractivity contribution is -0.122. The van der Waals surface area contributed by atoms with Crippen molar-refractivity contribution in [1.82, 2.24) is 5.32 Å². The topological polar surface area (TPSA) is 95.9 Å². The predicted octanol–water partition coefficient (Wildman–Crippen LogP) is 3.03. The molecule has 0 aliphatic carbocycles. The molecule has 1 saturated heterocycles. The van der Waals surface area contributed by atoms with Gasteiger partial charge in [-0.2, -0.15) is 0 Å². The summed E-state index contributed by atoms with van der Waals surface area (Å²) in [6.45, 7) is 1.79. The molecular formula is C19H15ClN2O5. The number of aromatic hydroxyl groups is 1. The van der Waals surface area contributed by atoms with Crippen LogP contribution in [0.1, 0.15) is 11.1 Å². The third-order valence-electron chi connectivity index (χ3n) is 4.03. The Hall–Kier alpha value is -3.32. The number of halogens is 1. The van der Waals surface area contributed by atoms with Crippen molar-refractivity contribution in [2.45, 2.75) is 6.92 Å². The second-order valence-electron chi connectivity index (χ2n) is 5.82. The van der Waals surface area contributed by atoms with E-state index in [-0.39, 0.29) is 22.8 Å². The molecule has 1 aliphatic heterocycles. The van der Waals surface area contributed by atoms with Crippen LogP contribution in [-0.4, -0.2) is 30.1 Å². The number of nitrogens with zero attached hydrogens (tertiary/aromatic N) is 1. The van der Waals surface area contributed by atoms with Crippen LogP contribution in [0.2, 0.25) is 5.02 Å². The van der Waals surface area contributed by atoms with Crippen molar-refractivity contribution >= 4 is 41.2 Å². The minimum Gasteiger partial charge on any atom is -0.504 e. The van der Waals surface area contributed by atoms with Gasteiger partial charge in [0.1, 0.15) is 5.57 Å². The minimum absolute atomic E-state index is 0.0785. The Kier molecular flexibility index (Phi) is 4.87. The van der Waals surface area contributed by atoms with Crippen molar-refractivity contribution < 1.29 is 24.2 Å². The SMILES string of the molecule is COc1cc(C=C2C(=O)NC(=O)N(c3ccc(C)c(Cl)c3)C2=O)ccc1O. The quantitative estimate of drug-likeness (QED) is 0.624. The zero-order chi connectivity index (χ0) is 19.7. The zero-order valence-corrected chi connectivity index (χ0v) is 15.2. The van der Waals surface area contributed by atoms with Crippen molar-refractivity contribution in [3.8, 4) is 11.5 Å². The molecule has 0 bridgehead atoms. The summed E-state index contributed by atoms with van der Waals surface area (Å²) in [7, 11) is 1.38. The van der Waals surface area contributed by atoms with E-state index < -0.39 is 17.8 Å². The Labute approximate surface area is 159 Å². The lowest BCUT2D eigenvalue weighted by Crippen LogP contribution is -2.54. The average Bonchev–Trinajstić information content (AvgIpc) is 2.62. The fourth-order valence-electron chi connectivity index (χ4n) is 2.56. The van der Waals surface area contributed by atoms with Crippen molar-refractivity contribution in [2.75, 3.05) is 12.0 Å². The lowest BCUT2D eigenvalue weighted by atomic mass is 10.1. The number of phenols is 1. The van der Waals surface area contributed by atoms with Gasteiger partial charge in [-0.25, -0.2) is 9.69 Å². The van der Waals surface area contributed by atoms with Crippen LogP contribution in [0.4, 0.5) is 10.5 Å². The molecule has 0 unspecified atom stereocenters. The van der Waals surface area contributed by atoms with Gasteiger partial charge in [-0.05, 0) is 48.4 Å². The monoisotopic (exact) mass is 386 g/mol. The van der Waals surface area contributed by atoms with Crippen LogP contribution in [0.25, 0.3) is 6.08 Å². The molecule has 8 heteroatoms. The highest BCUT2D eigenvalue weighted by atomic mass is 35.5.